The highest BCUT2D eigenvalue weighted by atomic mass is 32.2. The summed E-state index contributed by atoms with van der Waals surface area (Å²) in [5.74, 6) is 0.00312. The highest BCUT2D eigenvalue weighted by molar-refractivity contribution is 8.18. The van der Waals surface area contributed by atoms with Gasteiger partial charge in [0.05, 0.1) is 22.8 Å². The Morgan fingerprint density at radius 2 is 2.03 bits per heavy atom. The maximum Gasteiger partial charge on any atom is 0.335 e. The number of carbonyl (C=O) groups excluding carboxylic acids is 1. The fourth-order valence-corrected chi connectivity index (χ4v) is 4.19. The molecule has 1 saturated heterocycles. The van der Waals surface area contributed by atoms with E-state index in [1.54, 1.807) is 19.2 Å². The topological polar surface area (TPSA) is 79.2 Å². The largest absolute Gasteiger partial charge is 0.494 e. The number of hydrogen-bond acceptors (Lipinski definition) is 5. The quantitative estimate of drug-likeness (QED) is 0.607. The molecule has 6 nitrogen and oxygen atoms in total. The number of hydrogen-bond donors (Lipinski definition) is 1. The van der Waals surface area contributed by atoms with E-state index >= 15 is 0 Å². The number of rotatable bonds is 6. The van der Waals surface area contributed by atoms with Gasteiger partial charge in [-0.05, 0) is 84.6 Å². The summed E-state index contributed by atoms with van der Waals surface area (Å²) in [5, 5.41) is 9.68. The van der Waals surface area contributed by atoms with Gasteiger partial charge in [0.15, 0.2) is 5.17 Å². The summed E-state index contributed by atoms with van der Waals surface area (Å²) in [6.45, 7) is 8.79. The van der Waals surface area contributed by atoms with Crippen LogP contribution in [-0.4, -0.2) is 40.7 Å². The maximum atomic E-state index is 12.8. The number of aryl methyl sites for hydroxylation is 1. The van der Waals surface area contributed by atoms with E-state index in [2.05, 4.69) is 24.9 Å². The number of ether oxygens (including phenoxy) is 1. The number of carboxylic acid groups (broad SMARTS) is 1. The first kappa shape index (κ1) is 22.6. The minimum atomic E-state index is -1.02. The summed E-state index contributed by atoms with van der Waals surface area (Å²) >= 11 is 1.28. The number of thioether (sulfide) groups is 1. The number of benzene rings is 2. The second kappa shape index (κ2) is 9.39. The van der Waals surface area contributed by atoms with Crippen molar-refractivity contribution in [2.24, 2.45) is 4.99 Å². The molecule has 1 heterocycles. The van der Waals surface area contributed by atoms with Crippen LogP contribution in [0.15, 0.2) is 46.3 Å². The summed E-state index contributed by atoms with van der Waals surface area (Å²) < 4.78 is 5.79. The summed E-state index contributed by atoms with van der Waals surface area (Å²) in [6.07, 6.45) is 1.89. The second-order valence-electron chi connectivity index (χ2n) is 7.56. The summed E-state index contributed by atoms with van der Waals surface area (Å²) in [6, 6.07) is 10.4. The van der Waals surface area contributed by atoms with Gasteiger partial charge in [0, 0.05) is 7.05 Å². The molecule has 1 N–H and O–H groups in total. The zero-order chi connectivity index (χ0) is 22.7. The predicted molar refractivity (Wildman–Crippen MR) is 125 cm³/mol. The van der Waals surface area contributed by atoms with Crippen LogP contribution in [0.1, 0.15) is 53.7 Å². The van der Waals surface area contributed by atoms with E-state index in [4.69, 9.17) is 4.74 Å². The number of carbonyl (C=O) groups is 2. The highest BCUT2D eigenvalue weighted by Crippen LogP contribution is 2.36. The molecule has 1 aliphatic heterocycles. The van der Waals surface area contributed by atoms with Gasteiger partial charge in [-0.1, -0.05) is 19.9 Å². The molecule has 0 radical (unpaired) electrons. The van der Waals surface area contributed by atoms with Gasteiger partial charge in [-0.2, -0.15) is 0 Å². The summed E-state index contributed by atoms with van der Waals surface area (Å²) in [7, 11) is 1.67. The lowest BCUT2D eigenvalue weighted by atomic mass is 9.96. The number of carboxylic acids is 1. The Labute approximate surface area is 186 Å². The molecule has 1 aliphatic rings. The van der Waals surface area contributed by atoms with Crippen LogP contribution >= 0.6 is 11.8 Å². The third-order valence-electron chi connectivity index (χ3n) is 4.93. The molecule has 162 valence electrons. The standard InChI is InChI=1S/C24H26N2O4S/c1-6-30-20-10-15(4)17(12-19(20)14(2)3)13-21-22(27)26(5)24(31-21)25-18-9-7-8-16(11-18)23(28)29/h7-14H,6H2,1-5H3,(H,28,29)/b21-13-,25-24?. The van der Waals surface area contributed by atoms with Crippen molar-refractivity contribution in [3.63, 3.8) is 0 Å². The fourth-order valence-electron chi connectivity index (χ4n) is 3.21. The number of nitrogens with zero attached hydrogens (tertiary/aromatic N) is 2. The van der Waals surface area contributed by atoms with Gasteiger partial charge >= 0.3 is 5.97 Å². The van der Waals surface area contributed by atoms with Crippen LogP contribution in [-0.2, 0) is 4.79 Å². The van der Waals surface area contributed by atoms with Crippen LogP contribution in [0, 0.1) is 6.92 Å². The third kappa shape index (κ3) is 4.99. The molecular formula is C24H26N2O4S. The normalized spacial score (nSPS) is 16.6. The van der Waals surface area contributed by atoms with E-state index in [0.29, 0.717) is 22.4 Å². The van der Waals surface area contributed by atoms with E-state index in [0.717, 1.165) is 22.4 Å². The molecule has 31 heavy (non-hydrogen) atoms. The minimum Gasteiger partial charge on any atom is -0.494 e. The molecule has 7 heteroatoms. The lowest BCUT2D eigenvalue weighted by molar-refractivity contribution is -0.121. The zero-order valence-corrected chi connectivity index (χ0v) is 19.1. The fraction of sp³-hybridized carbons (Fsp3) is 0.292. The van der Waals surface area contributed by atoms with Crippen LogP contribution < -0.4 is 4.74 Å². The molecule has 2 aromatic carbocycles. The maximum absolute atomic E-state index is 12.8. The number of amides is 1. The Morgan fingerprint density at radius 3 is 2.68 bits per heavy atom. The van der Waals surface area contributed by atoms with E-state index in [9.17, 15) is 14.7 Å². The first-order chi connectivity index (χ1) is 14.7. The zero-order valence-electron chi connectivity index (χ0n) is 18.3. The van der Waals surface area contributed by atoms with Gasteiger partial charge in [-0.25, -0.2) is 9.79 Å². The van der Waals surface area contributed by atoms with Crippen molar-refractivity contribution in [2.75, 3.05) is 13.7 Å². The lowest BCUT2D eigenvalue weighted by Gasteiger charge is -2.16. The van der Waals surface area contributed by atoms with Crippen molar-refractivity contribution in [1.82, 2.24) is 4.90 Å². The Balaban J connectivity index is 1.96. The Kier molecular flexibility index (Phi) is 6.85. The molecule has 1 amide bonds. The number of aliphatic imine (C=N–C) groups is 1. The van der Waals surface area contributed by atoms with Crippen molar-refractivity contribution in [2.45, 2.75) is 33.6 Å². The SMILES string of the molecule is CCOc1cc(C)c(/C=C2\SC(=Nc3cccc(C(=O)O)c3)N(C)C2=O)cc1C(C)C. The Hall–Kier alpha value is -3.06. The molecular weight excluding hydrogens is 412 g/mol. The van der Waals surface area contributed by atoms with Gasteiger partial charge < -0.3 is 9.84 Å². The number of likely N-dealkylation sites (N-methyl/N-ethyl adjacent to an activating group) is 1. The van der Waals surface area contributed by atoms with Crippen molar-refractivity contribution >= 4 is 40.6 Å². The third-order valence-corrected chi connectivity index (χ3v) is 5.99. The van der Waals surface area contributed by atoms with E-state index < -0.39 is 5.97 Å². The molecule has 0 saturated carbocycles. The average molecular weight is 439 g/mol. The lowest BCUT2D eigenvalue weighted by Crippen LogP contribution is -2.23. The van der Waals surface area contributed by atoms with Crippen LogP contribution in [0.2, 0.25) is 0 Å². The minimum absolute atomic E-state index is 0.141. The van der Waals surface area contributed by atoms with Gasteiger partial charge in [0.2, 0.25) is 0 Å². The van der Waals surface area contributed by atoms with Gasteiger partial charge in [-0.3, -0.25) is 9.69 Å². The van der Waals surface area contributed by atoms with E-state index in [1.165, 1.54) is 28.8 Å². The van der Waals surface area contributed by atoms with Crippen LogP contribution in [0.25, 0.3) is 6.08 Å². The molecule has 0 atom stereocenters. The molecule has 0 unspecified atom stereocenters. The second-order valence-corrected chi connectivity index (χ2v) is 8.57. The predicted octanol–water partition coefficient (Wildman–Crippen LogP) is 5.45. The average Bonchev–Trinajstić information content (AvgIpc) is 2.98. The van der Waals surface area contributed by atoms with Gasteiger partial charge in [0.25, 0.3) is 5.91 Å². The summed E-state index contributed by atoms with van der Waals surface area (Å²) in [4.78, 5) is 30.6. The Morgan fingerprint density at radius 1 is 1.29 bits per heavy atom. The highest BCUT2D eigenvalue weighted by Gasteiger charge is 2.30. The Bertz CT molecular complexity index is 1090. The monoisotopic (exact) mass is 438 g/mol. The van der Waals surface area contributed by atoms with Crippen molar-refractivity contribution in [1.29, 1.82) is 0 Å². The molecule has 1 fully saturated rings. The number of aromatic carboxylic acids is 1. The van der Waals surface area contributed by atoms with Crippen LogP contribution in [0.3, 0.4) is 0 Å². The number of amidine groups is 1. The molecule has 0 spiro atoms. The van der Waals surface area contributed by atoms with E-state index in [-0.39, 0.29) is 17.4 Å². The van der Waals surface area contributed by atoms with Crippen molar-refractivity contribution in [3.05, 3.63) is 63.6 Å². The van der Waals surface area contributed by atoms with Gasteiger partial charge in [-0.15, -0.1) is 0 Å². The van der Waals surface area contributed by atoms with Crippen molar-refractivity contribution < 1.29 is 19.4 Å². The molecule has 0 aromatic heterocycles. The first-order valence-corrected chi connectivity index (χ1v) is 10.9. The van der Waals surface area contributed by atoms with E-state index in [1.807, 2.05) is 26.0 Å². The molecule has 0 bridgehead atoms. The molecule has 2 aromatic rings. The van der Waals surface area contributed by atoms with Crippen LogP contribution in [0.5, 0.6) is 5.75 Å². The first-order valence-electron chi connectivity index (χ1n) is 10.1. The van der Waals surface area contributed by atoms with Gasteiger partial charge in [0.1, 0.15) is 5.75 Å². The summed E-state index contributed by atoms with van der Waals surface area (Å²) in [5.41, 5.74) is 3.73. The molecule has 0 aliphatic carbocycles. The van der Waals surface area contributed by atoms with Crippen LogP contribution in [0.4, 0.5) is 5.69 Å². The smallest absolute Gasteiger partial charge is 0.335 e. The molecule has 3 rings (SSSR count). The van der Waals surface area contributed by atoms with Crippen molar-refractivity contribution in [3.8, 4) is 5.75 Å².